The van der Waals surface area contributed by atoms with Crippen LogP contribution in [0.4, 0.5) is 0 Å². The molecule has 2 atom stereocenters. The van der Waals surface area contributed by atoms with E-state index in [0.717, 1.165) is 32.5 Å². The van der Waals surface area contributed by atoms with Gasteiger partial charge in [-0.3, -0.25) is 14.3 Å². The third kappa shape index (κ3) is 3.12. The molecule has 2 saturated heterocycles. The fraction of sp³-hybridized carbons (Fsp3) is 0.706. The van der Waals surface area contributed by atoms with E-state index in [2.05, 4.69) is 5.10 Å². The largest absolute Gasteiger partial charge is 0.342 e. The summed E-state index contributed by atoms with van der Waals surface area (Å²) in [5, 5.41) is 4.25. The summed E-state index contributed by atoms with van der Waals surface area (Å²) in [6.07, 6.45) is 8.66. The number of carbonyl (C=O) groups is 2. The molecule has 0 aromatic carbocycles. The number of hydrogen-bond donors (Lipinski definition) is 0. The van der Waals surface area contributed by atoms with Crippen LogP contribution < -0.4 is 0 Å². The summed E-state index contributed by atoms with van der Waals surface area (Å²) in [6.45, 7) is 3.06. The third-order valence-electron chi connectivity index (χ3n) is 5.36. The highest BCUT2D eigenvalue weighted by molar-refractivity contribution is 5.89. The molecule has 0 N–H and O–H groups in total. The van der Waals surface area contributed by atoms with Crippen LogP contribution in [0.15, 0.2) is 18.5 Å². The molecular weight excluding hydrogens is 292 g/mol. The molecule has 4 rings (SSSR count). The Bertz CT molecular complexity index is 581. The predicted molar refractivity (Wildman–Crippen MR) is 84.4 cm³/mol. The van der Waals surface area contributed by atoms with E-state index in [1.54, 1.807) is 6.20 Å². The van der Waals surface area contributed by atoms with E-state index in [0.29, 0.717) is 18.9 Å². The maximum absolute atomic E-state index is 12.9. The number of amides is 2. The van der Waals surface area contributed by atoms with Gasteiger partial charge in [-0.25, -0.2) is 0 Å². The van der Waals surface area contributed by atoms with E-state index in [-0.39, 0.29) is 23.8 Å². The van der Waals surface area contributed by atoms with Gasteiger partial charge >= 0.3 is 0 Å². The average Bonchev–Trinajstić information content (AvgIpc) is 2.94. The molecule has 0 bridgehead atoms. The van der Waals surface area contributed by atoms with Crippen LogP contribution in [0.2, 0.25) is 0 Å². The lowest BCUT2D eigenvalue weighted by Crippen LogP contribution is -2.42. The van der Waals surface area contributed by atoms with Crippen molar-refractivity contribution in [1.82, 2.24) is 19.6 Å². The first-order valence-electron chi connectivity index (χ1n) is 8.76. The molecule has 6 nitrogen and oxygen atoms in total. The molecule has 23 heavy (non-hydrogen) atoms. The van der Waals surface area contributed by atoms with Gasteiger partial charge in [0.25, 0.3) is 0 Å². The first-order chi connectivity index (χ1) is 11.2. The molecule has 124 valence electrons. The molecule has 1 aromatic rings. The van der Waals surface area contributed by atoms with Crippen LogP contribution in [-0.2, 0) is 16.1 Å². The Morgan fingerprint density at radius 2 is 2.13 bits per heavy atom. The molecule has 0 spiro atoms. The minimum Gasteiger partial charge on any atom is -0.342 e. The summed E-state index contributed by atoms with van der Waals surface area (Å²) >= 11 is 0. The Morgan fingerprint density at radius 1 is 1.26 bits per heavy atom. The highest BCUT2D eigenvalue weighted by Gasteiger charge is 2.41. The van der Waals surface area contributed by atoms with Gasteiger partial charge in [-0.2, -0.15) is 5.10 Å². The summed E-state index contributed by atoms with van der Waals surface area (Å²) in [6, 6.07) is 2.13. The van der Waals surface area contributed by atoms with Gasteiger partial charge in [-0.1, -0.05) is 0 Å². The molecule has 1 saturated carbocycles. The summed E-state index contributed by atoms with van der Waals surface area (Å²) < 4.78 is 1.90. The fourth-order valence-electron chi connectivity index (χ4n) is 3.90. The number of hydrogen-bond acceptors (Lipinski definition) is 3. The minimum atomic E-state index is -0.139. The van der Waals surface area contributed by atoms with Gasteiger partial charge in [0.2, 0.25) is 11.8 Å². The lowest BCUT2D eigenvalue weighted by Gasteiger charge is -2.27. The second-order valence-corrected chi connectivity index (χ2v) is 7.20. The maximum Gasteiger partial charge on any atom is 0.228 e. The molecule has 2 amide bonds. The fourth-order valence-corrected chi connectivity index (χ4v) is 3.90. The first kappa shape index (κ1) is 14.7. The van der Waals surface area contributed by atoms with Crippen molar-refractivity contribution in [3.8, 4) is 0 Å². The van der Waals surface area contributed by atoms with Crippen molar-refractivity contribution >= 4 is 11.8 Å². The van der Waals surface area contributed by atoms with E-state index in [9.17, 15) is 9.59 Å². The molecule has 3 heterocycles. The number of likely N-dealkylation sites (tertiary alicyclic amines) is 2. The minimum absolute atomic E-state index is 0.139. The highest BCUT2D eigenvalue weighted by Crippen LogP contribution is 2.33. The normalized spacial score (nSPS) is 27.9. The Morgan fingerprint density at radius 3 is 2.87 bits per heavy atom. The van der Waals surface area contributed by atoms with Gasteiger partial charge in [0.05, 0.1) is 18.5 Å². The topological polar surface area (TPSA) is 58.4 Å². The number of rotatable bonds is 5. The molecule has 0 unspecified atom stereocenters. The van der Waals surface area contributed by atoms with Crippen molar-refractivity contribution in [3.63, 3.8) is 0 Å². The summed E-state index contributed by atoms with van der Waals surface area (Å²) in [7, 11) is 0. The first-order valence-corrected chi connectivity index (χ1v) is 8.76. The highest BCUT2D eigenvalue weighted by atomic mass is 16.2. The zero-order chi connectivity index (χ0) is 15.8. The zero-order valence-electron chi connectivity index (χ0n) is 13.4. The maximum atomic E-state index is 12.9. The van der Waals surface area contributed by atoms with Crippen LogP contribution in [0, 0.1) is 11.8 Å². The average molecular weight is 316 g/mol. The van der Waals surface area contributed by atoms with Gasteiger partial charge in [-0.05, 0) is 37.7 Å². The van der Waals surface area contributed by atoms with E-state index in [1.807, 2.05) is 26.7 Å². The van der Waals surface area contributed by atoms with E-state index in [4.69, 9.17) is 0 Å². The molecule has 3 aliphatic rings. The Kier molecular flexibility index (Phi) is 3.83. The standard InChI is InChI=1S/C17H24N4O2/c22-16-9-14(11-19(16)10-13-4-5-13)17(23)21-8-1-3-15(21)12-20-7-2-6-18-20/h2,6-7,13-15H,1,3-5,8-12H2/t14-,15-/m1/s1. The Hall–Kier alpha value is -1.85. The number of aromatic nitrogens is 2. The van der Waals surface area contributed by atoms with Crippen LogP contribution in [0.25, 0.3) is 0 Å². The molecule has 2 aliphatic heterocycles. The quantitative estimate of drug-likeness (QED) is 0.818. The molecule has 3 fully saturated rings. The Labute approximate surface area is 136 Å². The third-order valence-corrected chi connectivity index (χ3v) is 5.36. The molecular formula is C17H24N4O2. The molecule has 6 heteroatoms. The van der Waals surface area contributed by atoms with E-state index < -0.39 is 0 Å². The Balaban J connectivity index is 1.38. The lowest BCUT2D eigenvalue weighted by molar-refractivity contribution is -0.136. The second kappa shape index (κ2) is 5.98. The van der Waals surface area contributed by atoms with Gasteiger partial charge in [0, 0.05) is 38.4 Å². The van der Waals surface area contributed by atoms with Crippen LogP contribution in [-0.4, -0.2) is 57.1 Å². The molecule has 1 aliphatic carbocycles. The SMILES string of the molecule is O=C1C[C@@H](C(=O)N2CCC[C@@H]2Cn2cccn2)CN1CC1CC1. The summed E-state index contributed by atoms with van der Waals surface area (Å²) in [4.78, 5) is 29.0. The van der Waals surface area contributed by atoms with Crippen molar-refractivity contribution in [2.45, 2.75) is 44.7 Å². The van der Waals surface area contributed by atoms with Crippen molar-refractivity contribution in [2.24, 2.45) is 11.8 Å². The monoisotopic (exact) mass is 316 g/mol. The number of carbonyl (C=O) groups excluding carboxylic acids is 2. The van der Waals surface area contributed by atoms with Crippen LogP contribution in [0.3, 0.4) is 0 Å². The molecule has 0 radical (unpaired) electrons. The zero-order valence-corrected chi connectivity index (χ0v) is 13.4. The van der Waals surface area contributed by atoms with Crippen LogP contribution in [0.5, 0.6) is 0 Å². The van der Waals surface area contributed by atoms with Gasteiger partial charge in [-0.15, -0.1) is 0 Å². The smallest absolute Gasteiger partial charge is 0.228 e. The van der Waals surface area contributed by atoms with Crippen molar-refractivity contribution in [1.29, 1.82) is 0 Å². The second-order valence-electron chi connectivity index (χ2n) is 7.20. The van der Waals surface area contributed by atoms with Gasteiger partial charge in [0.1, 0.15) is 0 Å². The van der Waals surface area contributed by atoms with Gasteiger partial charge in [0.15, 0.2) is 0 Å². The van der Waals surface area contributed by atoms with E-state index >= 15 is 0 Å². The van der Waals surface area contributed by atoms with Crippen molar-refractivity contribution < 1.29 is 9.59 Å². The van der Waals surface area contributed by atoms with Crippen LogP contribution in [0.1, 0.15) is 32.1 Å². The van der Waals surface area contributed by atoms with E-state index in [1.165, 1.54) is 12.8 Å². The summed E-state index contributed by atoms with van der Waals surface area (Å²) in [5.74, 6) is 0.885. The molecule has 1 aromatic heterocycles. The van der Waals surface area contributed by atoms with Crippen LogP contribution >= 0.6 is 0 Å². The van der Waals surface area contributed by atoms with Crippen molar-refractivity contribution in [3.05, 3.63) is 18.5 Å². The number of nitrogens with zero attached hydrogens (tertiary/aromatic N) is 4. The predicted octanol–water partition coefficient (Wildman–Crippen LogP) is 1.13. The van der Waals surface area contributed by atoms with Crippen molar-refractivity contribution in [2.75, 3.05) is 19.6 Å². The summed E-state index contributed by atoms with van der Waals surface area (Å²) in [5.41, 5.74) is 0. The lowest BCUT2D eigenvalue weighted by atomic mass is 10.1. The van der Waals surface area contributed by atoms with Gasteiger partial charge < -0.3 is 9.80 Å².